The summed E-state index contributed by atoms with van der Waals surface area (Å²) in [5.74, 6) is 0. The number of pyridine rings is 1. The second kappa shape index (κ2) is 4.53. The van der Waals surface area contributed by atoms with Crippen molar-refractivity contribution < 1.29 is 4.42 Å². The van der Waals surface area contributed by atoms with Crippen LogP contribution in [0.3, 0.4) is 0 Å². The summed E-state index contributed by atoms with van der Waals surface area (Å²) in [6, 6.07) is 21.4. The molecule has 124 valence electrons. The molecule has 0 unspecified atom stereocenters. The summed E-state index contributed by atoms with van der Waals surface area (Å²) in [5.41, 5.74) is 6.75. The molecule has 2 heteroatoms. The Hall–Kier alpha value is -3.13. The van der Waals surface area contributed by atoms with Gasteiger partial charge in [0.15, 0.2) is 0 Å². The van der Waals surface area contributed by atoms with Crippen LogP contribution < -0.4 is 0 Å². The van der Waals surface area contributed by atoms with Gasteiger partial charge < -0.3 is 4.42 Å². The summed E-state index contributed by atoms with van der Waals surface area (Å²) in [6.45, 7) is 4.57. The average Bonchev–Trinajstić information content (AvgIpc) is 3.05. The molecular weight excluding hydrogens is 318 g/mol. The lowest BCUT2D eigenvalue weighted by atomic mass is 9.70. The predicted octanol–water partition coefficient (Wildman–Crippen LogP) is 6.44. The first-order valence-electron chi connectivity index (χ1n) is 8.99. The molecule has 2 nitrogen and oxygen atoms in total. The van der Waals surface area contributed by atoms with Crippen LogP contribution >= 0.6 is 0 Å². The van der Waals surface area contributed by atoms with Gasteiger partial charge in [0, 0.05) is 33.3 Å². The highest BCUT2D eigenvalue weighted by molar-refractivity contribution is 6.20. The average molecular weight is 335 g/mol. The molecule has 0 radical (unpaired) electrons. The predicted molar refractivity (Wildman–Crippen MR) is 107 cm³/mol. The second-order valence-corrected chi connectivity index (χ2v) is 7.65. The number of rotatable bonds is 0. The van der Waals surface area contributed by atoms with E-state index in [4.69, 9.17) is 9.40 Å². The van der Waals surface area contributed by atoms with Crippen molar-refractivity contribution in [3.63, 3.8) is 0 Å². The molecule has 0 bridgehead atoms. The summed E-state index contributed by atoms with van der Waals surface area (Å²) in [4.78, 5) is 4.78. The zero-order valence-corrected chi connectivity index (χ0v) is 14.7. The van der Waals surface area contributed by atoms with Crippen LogP contribution in [0.15, 0.2) is 71.3 Å². The van der Waals surface area contributed by atoms with Crippen molar-refractivity contribution in [3.05, 3.63) is 78.0 Å². The van der Waals surface area contributed by atoms with E-state index in [0.717, 1.165) is 27.6 Å². The topological polar surface area (TPSA) is 26.0 Å². The molecular formula is C24H17NO. The molecule has 0 atom stereocenters. The van der Waals surface area contributed by atoms with Crippen LogP contribution in [0.4, 0.5) is 0 Å². The van der Waals surface area contributed by atoms with Gasteiger partial charge in [-0.3, -0.25) is 4.98 Å². The van der Waals surface area contributed by atoms with E-state index in [1.807, 2.05) is 24.4 Å². The van der Waals surface area contributed by atoms with Gasteiger partial charge in [-0.25, -0.2) is 0 Å². The molecule has 0 aliphatic heterocycles. The van der Waals surface area contributed by atoms with E-state index in [-0.39, 0.29) is 5.41 Å². The molecule has 0 N–H and O–H groups in total. The quantitative estimate of drug-likeness (QED) is 0.325. The van der Waals surface area contributed by atoms with Crippen molar-refractivity contribution in [1.82, 2.24) is 4.98 Å². The van der Waals surface area contributed by atoms with Crippen LogP contribution in [-0.4, -0.2) is 4.98 Å². The summed E-state index contributed by atoms with van der Waals surface area (Å²) >= 11 is 0. The fourth-order valence-corrected chi connectivity index (χ4v) is 4.63. The number of nitrogens with zero attached hydrogens (tertiary/aromatic N) is 1. The maximum absolute atomic E-state index is 6.28. The van der Waals surface area contributed by atoms with E-state index in [0.29, 0.717) is 0 Å². The minimum absolute atomic E-state index is 0.0875. The summed E-state index contributed by atoms with van der Waals surface area (Å²) < 4.78 is 6.28. The van der Waals surface area contributed by atoms with Crippen LogP contribution in [0, 0.1) is 0 Å². The molecule has 0 fully saturated rings. The lowest BCUT2D eigenvalue weighted by Gasteiger charge is -2.34. The molecule has 1 aliphatic carbocycles. The molecule has 0 amide bonds. The van der Waals surface area contributed by atoms with Crippen molar-refractivity contribution in [1.29, 1.82) is 0 Å². The van der Waals surface area contributed by atoms with Gasteiger partial charge in [0.25, 0.3) is 0 Å². The number of benzene rings is 3. The van der Waals surface area contributed by atoms with Gasteiger partial charge in [-0.05, 0) is 34.7 Å². The highest BCUT2D eigenvalue weighted by atomic mass is 16.3. The molecule has 26 heavy (non-hydrogen) atoms. The Morgan fingerprint density at radius 3 is 2.54 bits per heavy atom. The minimum Gasteiger partial charge on any atom is -0.455 e. The second-order valence-electron chi connectivity index (χ2n) is 7.65. The first-order chi connectivity index (χ1) is 12.7. The number of para-hydroxylation sites is 1. The zero-order valence-electron chi connectivity index (χ0n) is 14.7. The van der Waals surface area contributed by atoms with Crippen LogP contribution in [0.25, 0.3) is 44.0 Å². The molecule has 2 heterocycles. The number of hydrogen-bond acceptors (Lipinski definition) is 2. The van der Waals surface area contributed by atoms with E-state index in [1.54, 1.807) is 0 Å². The molecule has 0 spiro atoms. The van der Waals surface area contributed by atoms with E-state index in [2.05, 4.69) is 56.3 Å². The van der Waals surface area contributed by atoms with E-state index < -0.39 is 0 Å². The summed E-state index contributed by atoms with van der Waals surface area (Å²) in [5, 5.41) is 4.77. The molecule has 2 aromatic heterocycles. The van der Waals surface area contributed by atoms with Crippen LogP contribution in [0.1, 0.15) is 25.0 Å². The maximum atomic E-state index is 6.28. The van der Waals surface area contributed by atoms with Crippen LogP contribution in [-0.2, 0) is 5.41 Å². The van der Waals surface area contributed by atoms with Crippen molar-refractivity contribution in [3.8, 4) is 11.3 Å². The molecule has 0 saturated heterocycles. The van der Waals surface area contributed by atoms with Crippen LogP contribution in [0.2, 0.25) is 0 Å². The molecule has 1 aliphatic rings. The van der Waals surface area contributed by atoms with Crippen molar-refractivity contribution in [2.75, 3.05) is 0 Å². The van der Waals surface area contributed by atoms with E-state index in [1.165, 1.54) is 27.5 Å². The minimum atomic E-state index is -0.0875. The monoisotopic (exact) mass is 335 g/mol. The molecule has 3 aromatic carbocycles. The lowest BCUT2D eigenvalue weighted by molar-refractivity contribution is 0.641. The van der Waals surface area contributed by atoms with E-state index in [9.17, 15) is 0 Å². The lowest BCUT2D eigenvalue weighted by Crippen LogP contribution is -2.24. The van der Waals surface area contributed by atoms with Gasteiger partial charge in [-0.2, -0.15) is 0 Å². The molecule has 0 saturated carbocycles. The Kier molecular flexibility index (Phi) is 2.45. The fourth-order valence-electron chi connectivity index (χ4n) is 4.63. The first kappa shape index (κ1) is 14.1. The molecule has 5 aromatic rings. The number of hydrogen-bond donors (Lipinski definition) is 0. The Labute approximate surface area is 151 Å². The Morgan fingerprint density at radius 2 is 1.62 bits per heavy atom. The Bertz CT molecular complexity index is 1360. The third-order valence-corrected chi connectivity index (χ3v) is 5.91. The third kappa shape index (κ3) is 1.55. The standard InChI is InChI=1S/C24H17NO/c1-24(2)18-9-5-8-15-21(18)17(22-19(24)10-6-12-25-22)13-16-14-7-3-4-11-20(14)26-23(15)16/h3-13H,1-2H3. The SMILES string of the molecule is CC1(C)c2cccnc2-c2cc3c4ccccc4oc3c3cccc1c23. The number of furan rings is 1. The highest BCUT2D eigenvalue weighted by Crippen LogP contribution is 2.50. The van der Waals surface area contributed by atoms with Gasteiger partial charge >= 0.3 is 0 Å². The zero-order chi connectivity index (χ0) is 17.5. The normalized spacial score (nSPS) is 14.8. The number of aromatic nitrogens is 1. The van der Waals surface area contributed by atoms with Gasteiger partial charge in [0.05, 0.1) is 5.69 Å². The third-order valence-electron chi connectivity index (χ3n) is 5.91. The Morgan fingerprint density at radius 1 is 0.808 bits per heavy atom. The number of fused-ring (bicyclic) bond motifs is 6. The van der Waals surface area contributed by atoms with Crippen molar-refractivity contribution >= 4 is 32.7 Å². The van der Waals surface area contributed by atoms with E-state index >= 15 is 0 Å². The Balaban J connectivity index is 1.93. The smallest absolute Gasteiger partial charge is 0.143 e. The highest BCUT2D eigenvalue weighted by Gasteiger charge is 2.34. The summed E-state index contributed by atoms with van der Waals surface area (Å²) in [7, 11) is 0. The largest absolute Gasteiger partial charge is 0.455 e. The van der Waals surface area contributed by atoms with Crippen molar-refractivity contribution in [2.45, 2.75) is 19.3 Å². The van der Waals surface area contributed by atoms with Gasteiger partial charge in [-0.1, -0.05) is 56.3 Å². The first-order valence-corrected chi connectivity index (χ1v) is 8.99. The molecule has 6 rings (SSSR count). The maximum Gasteiger partial charge on any atom is 0.143 e. The van der Waals surface area contributed by atoms with Gasteiger partial charge in [0.1, 0.15) is 11.2 Å². The van der Waals surface area contributed by atoms with Crippen LogP contribution in [0.5, 0.6) is 0 Å². The summed E-state index contributed by atoms with van der Waals surface area (Å²) in [6.07, 6.45) is 1.90. The van der Waals surface area contributed by atoms with Gasteiger partial charge in [-0.15, -0.1) is 0 Å². The van der Waals surface area contributed by atoms with Crippen molar-refractivity contribution in [2.24, 2.45) is 0 Å². The fraction of sp³-hybridized carbons (Fsp3) is 0.125. The van der Waals surface area contributed by atoms with Gasteiger partial charge in [0.2, 0.25) is 0 Å².